The number of benzene rings is 1. The molecule has 1 saturated heterocycles. The first-order valence-electron chi connectivity index (χ1n) is 9.05. The molecular weight excluding hydrogens is 363 g/mol. The molecule has 0 bridgehead atoms. The van der Waals surface area contributed by atoms with E-state index in [0.29, 0.717) is 30.9 Å². The number of nitrogens with one attached hydrogen (secondary N) is 1. The predicted octanol–water partition coefficient (Wildman–Crippen LogP) is 3.10. The van der Waals surface area contributed by atoms with Crippen LogP contribution in [0.3, 0.4) is 0 Å². The number of hydrogen-bond donors (Lipinski definition) is 1. The van der Waals surface area contributed by atoms with Gasteiger partial charge in [-0.3, -0.25) is 9.59 Å². The molecule has 0 radical (unpaired) electrons. The Morgan fingerprint density at radius 2 is 2.14 bits per heavy atom. The number of likely N-dealkylation sites (tertiary alicyclic amines) is 1. The molecule has 1 aliphatic rings. The van der Waals surface area contributed by atoms with Gasteiger partial charge in [-0.25, -0.2) is 9.07 Å². The first kappa shape index (κ1) is 18.0. The number of aromatic nitrogens is 2. The van der Waals surface area contributed by atoms with Crippen LogP contribution < -0.4 is 5.32 Å². The molecule has 1 aliphatic heterocycles. The molecule has 28 heavy (non-hydrogen) atoms. The Bertz CT molecular complexity index is 970. The third-order valence-electron chi connectivity index (χ3n) is 4.78. The van der Waals surface area contributed by atoms with Gasteiger partial charge in [-0.2, -0.15) is 5.10 Å². The fraction of sp³-hybridized carbons (Fsp3) is 0.250. The molecule has 2 amide bonds. The van der Waals surface area contributed by atoms with E-state index >= 15 is 0 Å². The summed E-state index contributed by atoms with van der Waals surface area (Å²) in [5, 5.41) is 6.75. The maximum absolute atomic E-state index is 14.4. The molecule has 0 saturated carbocycles. The topological polar surface area (TPSA) is 80.4 Å². The molecular formula is C20H19FN4O3. The highest BCUT2D eigenvalue weighted by molar-refractivity contribution is 5.95. The highest BCUT2D eigenvalue weighted by Gasteiger charge is 2.30. The lowest BCUT2D eigenvalue weighted by atomic mass is 9.96. The molecule has 1 aromatic carbocycles. The van der Waals surface area contributed by atoms with Crippen LogP contribution in [-0.2, 0) is 4.79 Å². The summed E-state index contributed by atoms with van der Waals surface area (Å²) in [4.78, 5) is 26.7. The number of halogens is 1. The summed E-state index contributed by atoms with van der Waals surface area (Å²) in [5.41, 5.74) is 0.670. The van der Waals surface area contributed by atoms with E-state index in [-0.39, 0.29) is 23.5 Å². The van der Waals surface area contributed by atoms with Crippen molar-refractivity contribution in [1.82, 2.24) is 14.7 Å². The van der Waals surface area contributed by atoms with Crippen LogP contribution in [0.15, 0.2) is 59.5 Å². The molecule has 8 heteroatoms. The largest absolute Gasteiger partial charge is 0.459 e. The molecule has 2 aromatic heterocycles. The highest BCUT2D eigenvalue weighted by atomic mass is 19.1. The SMILES string of the molecule is O=C(Nc1ccc(-n2cccn2)c(F)c1)[C@H]1CCCN(C(=O)c2ccco2)C1. The minimum atomic E-state index is -0.486. The number of carbonyl (C=O) groups is 2. The monoisotopic (exact) mass is 382 g/mol. The van der Waals surface area contributed by atoms with Crippen molar-refractivity contribution in [3.8, 4) is 5.69 Å². The zero-order valence-electron chi connectivity index (χ0n) is 15.0. The highest BCUT2D eigenvalue weighted by Crippen LogP contribution is 2.22. The van der Waals surface area contributed by atoms with Crippen LogP contribution in [-0.4, -0.2) is 39.6 Å². The summed E-state index contributed by atoms with van der Waals surface area (Å²) in [5.74, 6) is -1.04. The van der Waals surface area contributed by atoms with Crippen LogP contribution in [0.1, 0.15) is 23.4 Å². The zero-order chi connectivity index (χ0) is 19.5. The predicted molar refractivity (Wildman–Crippen MR) is 99.5 cm³/mol. The van der Waals surface area contributed by atoms with Gasteiger partial charge in [-0.05, 0) is 49.2 Å². The Hall–Kier alpha value is -3.42. The van der Waals surface area contributed by atoms with Crippen LogP contribution in [0, 0.1) is 11.7 Å². The van der Waals surface area contributed by atoms with Crippen LogP contribution in [0.2, 0.25) is 0 Å². The number of nitrogens with zero attached hydrogens (tertiary/aromatic N) is 3. The van der Waals surface area contributed by atoms with E-state index in [9.17, 15) is 14.0 Å². The van der Waals surface area contributed by atoms with Crippen LogP contribution in [0.25, 0.3) is 5.69 Å². The fourth-order valence-corrected chi connectivity index (χ4v) is 3.36. The fourth-order valence-electron chi connectivity index (χ4n) is 3.36. The summed E-state index contributed by atoms with van der Waals surface area (Å²) in [7, 11) is 0. The Balaban J connectivity index is 1.42. The molecule has 4 rings (SSSR count). The summed E-state index contributed by atoms with van der Waals surface area (Å²) >= 11 is 0. The lowest BCUT2D eigenvalue weighted by Gasteiger charge is -2.31. The molecule has 1 atom stereocenters. The van der Waals surface area contributed by atoms with E-state index < -0.39 is 5.82 Å². The Morgan fingerprint density at radius 3 is 2.86 bits per heavy atom. The summed E-state index contributed by atoms with van der Waals surface area (Å²) in [6.07, 6.45) is 6.04. The maximum Gasteiger partial charge on any atom is 0.289 e. The van der Waals surface area contributed by atoms with E-state index in [1.165, 1.54) is 17.0 Å². The van der Waals surface area contributed by atoms with Gasteiger partial charge in [0.25, 0.3) is 5.91 Å². The lowest BCUT2D eigenvalue weighted by molar-refractivity contribution is -0.121. The van der Waals surface area contributed by atoms with E-state index in [1.807, 2.05) is 0 Å². The van der Waals surface area contributed by atoms with Gasteiger partial charge < -0.3 is 14.6 Å². The Kier molecular flexibility index (Phi) is 4.92. The second-order valence-electron chi connectivity index (χ2n) is 6.67. The third-order valence-corrected chi connectivity index (χ3v) is 4.78. The van der Waals surface area contributed by atoms with Crippen LogP contribution >= 0.6 is 0 Å². The van der Waals surface area contributed by atoms with Crippen molar-refractivity contribution in [3.63, 3.8) is 0 Å². The van der Waals surface area contributed by atoms with Gasteiger partial charge in [-0.15, -0.1) is 0 Å². The maximum atomic E-state index is 14.4. The number of hydrogen-bond acceptors (Lipinski definition) is 4. The molecule has 3 heterocycles. The van der Waals surface area contributed by atoms with Crippen molar-refractivity contribution >= 4 is 17.5 Å². The molecule has 1 fully saturated rings. The van der Waals surface area contributed by atoms with Crippen molar-refractivity contribution in [2.24, 2.45) is 5.92 Å². The summed E-state index contributed by atoms with van der Waals surface area (Å²) in [6.45, 7) is 0.885. The number of furan rings is 1. The number of carbonyl (C=O) groups excluding carboxylic acids is 2. The third kappa shape index (κ3) is 3.66. The minimum absolute atomic E-state index is 0.225. The first-order valence-corrected chi connectivity index (χ1v) is 9.05. The average molecular weight is 382 g/mol. The summed E-state index contributed by atoms with van der Waals surface area (Å²) in [6, 6.07) is 9.43. The molecule has 0 aliphatic carbocycles. The van der Waals surface area contributed by atoms with E-state index in [1.54, 1.807) is 47.6 Å². The second kappa shape index (κ2) is 7.67. The Morgan fingerprint density at radius 1 is 1.25 bits per heavy atom. The van der Waals surface area contributed by atoms with Gasteiger partial charge in [-0.1, -0.05) is 0 Å². The van der Waals surface area contributed by atoms with E-state index in [2.05, 4.69) is 10.4 Å². The number of amides is 2. The van der Waals surface area contributed by atoms with Gasteiger partial charge in [0.1, 0.15) is 5.69 Å². The van der Waals surface area contributed by atoms with Crippen molar-refractivity contribution in [2.45, 2.75) is 12.8 Å². The quantitative estimate of drug-likeness (QED) is 0.752. The van der Waals surface area contributed by atoms with Crippen molar-refractivity contribution in [1.29, 1.82) is 0 Å². The number of rotatable bonds is 4. The standard InChI is InChI=1S/C20H19FN4O3/c21-16-12-15(6-7-17(16)25-10-3-8-22-25)23-19(26)14-4-1-9-24(13-14)20(27)18-5-2-11-28-18/h2-3,5-8,10-12,14H,1,4,9,13H2,(H,23,26)/t14-/m0/s1. The van der Waals surface area contributed by atoms with Gasteiger partial charge in [0.05, 0.1) is 12.2 Å². The van der Waals surface area contributed by atoms with Gasteiger partial charge in [0.15, 0.2) is 11.6 Å². The van der Waals surface area contributed by atoms with E-state index in [0.717, 1.165) is 6.42 Å². The van der Waals surface area contributed by atoms with Gasteiger partial charge in [0, 0.05) is 31.2 Å². The smallest absolute Gasteiger partial charge is 0.289 e. The lowest BCUT2D eigenvalue weighted by Crippen LogP contribution is -2.43. The summed E-state index contributed by atoms with van der Waals surface area (Å²) < 4.78 is 20.9. The van der Waals surface area contributed by atoms with Crippen molar-refractivity contribution in [3.05, 3.63) is 66.6 Å². The van der Waals surface area contributed by atoms with Gasteiger partial charge in [0.2, 0.25) is 5.91 Å². The van der Waals surface area contributed by atoms with Crippen LogP contribution in [0.5, 0.6) is 0 Å². The molecule has 0 spiro atoms. The number of anilines is 1. The van der Waals surface area contributed by atoms with Crippen molar-refractivity contribution in [2.75, 3.05) is 18.4 Å². The number of piperidine rings is 1. The molecule has 3 aromatic rings. The van der Waals surface area contributed by atoms with Crippen LogP contribution in [0.4, 0.5) is 10.1 Å². The molecule has 0 unspecified atom stereocenters. The average Bonchev–Trinajstić information content (AvgIpc) is 3.42. The first-order chi connectivity index (χ1) is 13.6. The minimum Gasteiger partial charge on any atom is -0.459 e. The molecule has 7 nitrogen and oxygen atoms in total. The zero-order valence-corrected chi connectivity index (χ0v) is 15.0. The normalized spacial score (nSPS) is 16.8. The van der Waals surface area contributed by atoms with Crippen molar-refractivity contribution < 1.29 is 18.4 Å². The van der Waals surface area contributed by atoms with Gasteiger partial charge >= 0.3 is 0 Å². The molecule has 144 valence electrons. The molecule has 1 N–H and O–H groups in total. The Labute approximate surface area is 160 Å². The van der Waals surface area contributed by atoms with E-state index in [4.69, 9.17) is 4.42 Å². The second-order valence-corrected chi connectivity index (χ2v) is 6.67.